The van der Waals surface area contributed by atoms with Crippen molar-refractivity contribution in [3.8, 4) is 17.4 Å². The van der Waals surface area contributed by atoms with E-state index in [1.165, 1.54) is 0 Å². The fourth-order valence-electron chi connectivity index (χ4n) is 3.18. The van der Waals surface area contributed by atoms with Gasteiger partial charge in [0.2, 0.25) is 11.8 Å². The monoisotopic (exact) mass is 362 g/mol. The van der Waals surface area contributed by atoms with Crippen molar-refractivity contribution >= 4 is 16.8 Å². The topological polar surface area (TPSA) is 63.9 Å². The van der Waals surface area contributed by atoms with E-state index in [-0.39, 0.29) is 11.3 Å². The molecule has 1 N–H and O–H groups in total. The molecule has 0 unspecified atom stereocenters. The van der Waals surface area contributed by atoms with Crippen LogP contribution in [0.2, 0.25) is 0 Å². The third kappa shape index (κ3) is 3.58. The normalized spacial score (nSPS) is 15.5. The number of phenols is 1. The highest BCUT2D eigenvalue weighted by Crippen LogP contribution is 2.30. The van der Waals surface area contributed by atoms with E-state index in [4.69, 9.17) is 9.47 Å². The molecule has 2 heterocycles. The van der Waals surface area contributed by atoms with Crippen LogP contribution in [0.3, 0.4) is 0 Å². The van der Waals surface area contributed by atoms with E-state index in [2.05, 4.69) is 9.98 Å². The standard InChI is InChI=1S/C22H22N2O3/c1-13-8-16(21-24-22(3,4)12-26-21)11-17(9-13)27-19-6-5-15-7-14(2)10-18(25)20(15)23-19/h5-11,25H,12H2,1-4H3. The summed E-state index contributed by atoms with van der Waals surface area (Å²) < 4.78 is 11.7. The predicted molar refractivity (Wildman–Crippen MR) is 106 cm³/mol. The molecule has 0 saturated carbocycles. The number of rotatable bonds is 3. The van der Waals surface area contributed by atoms with Crippen LogP contribution in [0.4, 0.5) is 0 Å². The van der Waals surface area contributed by atoms with Crippen LogP contribution in [-0.2, 0) is 4.74 Å². The van der Waals surface area contributed by atoms with Gasteiger partial charge in [0.15, 0.2) is 0 Å². The molecule has 0 saturated heterocycles. The van der Waals surface area contributed by atoms with Gasteiger partial charge in [-0.25, -0.2) is 9.98 Å². The van der Waals surface area contributed by atoms with Crippen molar-refractivity contribution in [1.29, 1.82) is 0 Å². The molecule has 2 aromatic carbocycles. The van der Waals surface area contributed by atoms with E-state index in [1.54, 1.807) is 12.1 Å². The highest BCUT2D eigenvalue weighted by atomic mass is 16.5. The smallest absolute Gasteiger partial charge is 0.219 e. The number of phenolic OH excluding ortho intramolecular Hbond substituents is 1. The largest absolute Gasteiger partial charge is 0.506 e. The summed E-state index contributed by atoms with van der Waals surface area (Å²) in [5, 5.41) is 11.0. The average Bonchev–Trinajstić information content (AvgIpc) is 2.95. The van der Waals surface area contributed by atoms with Crippen LogP contribution in [-0.4, -0.2) is 28.1 Å². The maximum atomic E-state index is 10.2. The molecule has 0 radical (unpaired) electrons. The number of fused-ring (bicyclic) bond motifs is 1. The summed E-state index contributed by atoms with van der Waals surface area (Å²) in [7, 11) is 0. The van der Waals surface area contributed by atoms with E-state index < -0.39 is 0 Å². The zero-order chi connectivity index (χ0) is 19.2. The van der Waals surface area contributed by atoms with Crippen LogP contribution in [0.5, 0.6) is 17.4 Å². The van der Waals surface area contributed by atoms with Gasteiger partial charge in [-0.15, -0.1) is 0 Å². The number of hydrogen-bond donors (Lipinski definition) is 1. The molecule has 138 valence electrons. The lowest BCUT2D eigenvalue weighted by Crippen LogP contribution is -2.17. The number of aromatic nitrogens is 1. The zero-order valence-corrected chi connectivity index (χ0v) is 15.9. The van der Waals surface area contributed by atoms with Crippen LogP contribution >= 0.6 is 0 Å². The van der Waals surface area contributed by atoms with Crippen molar-refractivity contribution in [2.75, 3.05) is 6.61 Å². The Morgan fingerprint density at radius 3 is 2.56 bits per heavy atom. The van der Waals surface area contributed by atoms with Gasteiger partial charge >= 0.3 is 0 Å². The number of aromatic hydroxyl groups is 1. The number of ether oxygens (including phenoxy) is 2. The molecule has 5 heteroatoms. The molecular weight excluding hydrogens is 340 g/mol. The van der Waals surface area contributed by atoms with E-state index in [0.29, 0.717) is 29.7 Å². The molecule has 0 aliphatic carbocycles. The molecule has 4 rings (SSSR count). The first-order valence-corrected chi connectivity index (χ1v) is 8.92. The number of hydrogen-bond acceptors (Lipinski definition) is 5. The van der Waals surface area contributed by atoms with Crippen LogP contribution in [0.1, 0.15) is 30.5 Å². The van der Waals surface area contributed by atoms with Crippen molar-refractivity contribution in [2.45, 2.75) is 33.2 Å². The second kappa shape index (κ2) is 6.27. The highest BCUT2D eigenvalue weighted by molar-refractivity contribution is 5.96. The van der Waals surface area contributed by atoms with Crippen molar-refractivity contribution in [3.63, 3.8) is 0 Å². The van der Waals surface area contributed by atoms with Gasteiger partial charge in [0.1, 0.15) is 23.6 Å². The van der Waals surface area contributed by atoms with Gasteiger partial charge in [-0.3, -0.25) is 0 Å². The molecule has 0 spiro atoms. The summed E-state index contributed by atoms with van der Waals surface area (Å²) in [4.78, 5) is 9.09. The lowest BCUT2D eigenvalue weighted by Gasteiger charge is -2.10. The fraction of sp³-hybridized carbons (Fsp3) is 0.273. The van der Waals surface area contributed by atoms with Crippen molar-refractivity contribution in [3.05, 3.63) is 59.2 Å². The Hall–Kier alpha value is -3.08. The summed E-state index contributed by atoms with van der Waals surface area (Å²) in [6.45, 7) is 8.59. The molecular formula is C22H22N2O3. The Balaban J connectivity index is 1.68. The summed E-state index contributed by atoms with van der Waals surface area (Å²) in [5.74, 6) is 1.86. The van der Waals surface area contributed by atoms with Crippen LogP contribution in [0.25, 0.3) is 10.9 Å². The SMILES string of the molecule is Cc1cc(Oc2ccc3cc(C)cc(O)c3n2)cc(C2=NC(C)(C)CO2)c1. The number of nitrogens with zero attached hydrogens (tertiary/aromatic N) is 2. The molecule has 5 nitrogen and oxygen atoms in total. The van der Waals surface area contributed by atoms with Crippen molar-refractivity contribution in [1.82, 2.24) is 4.98 Å². The first-order valence-electron chi connectivity index (χ1n) is 8.92. The summed E-state index contributed by atoms with van der Waals surface area (Å²) in [6, 6.07) is 13.2. The number of pyridine rings is 1. The maximum absolute atomic E-state index is 10.2. The maximum Gasteiger partial charge on any atom is 0.219 e. The van der Waals surface area contributed by atoms with Gasteiger partial charge in [-0.1, -0.05) is 0 Å². The molecule has 27 heavy (non-hydrogen) atoms. The Labute approximate surface area is 158 Å². The first-order chi connectivity index (χ1) is 12.8. The minimum Gasteiger partial charge on any atom is -0.506 e. The molecule has 1 aromatic heterocycles. The Kier molecular flexibility index (Phi) is 4.02. The lowest BCUT2D eigenvalue weighted by molar-refractivity contribution is 0.279. The molecule has 0 fully saturated rings. The van der Waals surface area contributed by atoms with Gasteiger partial charge in [0, 0.05) is 17.0 Å². The average molecular weight is 362 g/mol. The van der Waals surface area contributed by atoms with E-state index >= 15 is 0 Å². The zero-order valence-electron chi connectivity index (χ0n) is 15.9. The van der Waals surface area contributed by atoms with Crippen LogP contribution in [0.15, 0.2) is 47.5 Å². The lowest BCUT2D eigenvalue weighted by atomic mass is 10.1. The van der Waals surface area contributed by atoms with E-state index in [1.807, 2.05) is 58.0 Å². The predicted octanol–water partition coefficient (Wildman–Crippen LogP) is 4.90. The van der Waals surface area contributed by atoms with Crippen molar-refractivity contribution < 1.29 is 14.6 Å². The van der Waals surface area contributed by atoms with E-state index in [0.717, 1.165) is 22.1 Å². The minimum atomic E-state index is -0.213. The number of aliphatic imine (C=N–C) groups is 1. The summed E-state index contributed by atoms with van der Waals surface area (Å²) in [5.41, 5.74) is 3.22. The van der Waals surface area contributed by atoms with Crippen LogP contribution in [0, 0.1) is 13.8 Å². The van der Waals surface area contributed by atoms with Crippen LogP contribution < -0.4 is 4.74 Å². The van der Waals surface area contributed by atoms with Gasteiger partial charge in [-0.05, 0) is 75.2 Å². The van der Waals surface area contributed by atoms with Gasteiger partial charge in [0.05, 0.1) is 5.54 Å². The number of benzene rings is 2. The molecule has 0 amide bonds. The molecule has 1 aliphatic heterocycles. The van der Waals surface area contributed by atoms with Gasteiger partial charge in [0.25, 0.3) is 0 Å². The van der Waals surface area contributed by atoms with Crippen molar-refractivity contribution in [2.24, 2.45) is 4.99 Å². The Bertz CT molecular complexity index is 1070. The molecule has 1 aliphatic rings. The third-order valence-electron chi connectivity index (χ3n) is 4.38. The van der Waals surface area contributed by atoms with Gasteiger partial charge < -0.3 is 14.6 Å². The quantitative estimate of drug-likeness (QED) is 0.719. The third-order valence-corrected chi connectivity index (χ3v) is 4.38. The second-order valence-corrected chi connectivity index (χ2v) is 7.66. The summed E-state index contributed by atoms with van der Waals surface area (Å²) >= 11 is 0. The molecule has 3 aromatic rings. The number of aryl methyl sites for hydroxylation is 2. The summed E-state index contributed by atoms with van der Waals surface area (Å²) in [6.07, 6.45) is 0. The molecule has 0 bridgehead atoms. The Morgan fingerprint density at radius 1 is 1.04 bits per heavy atom. The first kappa shape index (κ1) is 17.3. The molecule has 0 atom stereocenters. The fourth-order valence-corrected chi connectivity index (χ4v) is 3.18. The highest BCUT2D eigenvalue weighted by Gasteiger charge is 2.27. The Morgan fingerprint density at radius 2 is 1.81 bits per heavy atom. The van der Waals surface area contributed by atoms with Gasteiger partial charge in [-0.2, -0.15) is 0 Å². The minimum absolute atomic E-state index is 0.149. The second-order valence-electron chi connectivity index (χ2n) is 7.66. The van der Waals surface area contributed by atoms with E-state index in [9.17, 15) is 5.11 Å².